The van der Waals surface area contributed by atoms with E-state index in [0.717, 1.165) is 27.9 Å². The summed E-state index contributed by atoms with van der Waals surface area (Å²) in [7, 11) is 0. The number of halogens is 1. The van der Waals surface area contributed by atoms with Crippen LogP contribution in [0.5, 0.6) is 0 Å². The van der Waals surface area contributed by atoms with Crippen molar-refractivity contribution in [2.24, 2.45) is 0 Å². The highest BCUT2D eigenvalue weighted by Gasteiger charge is 2.11. The average molecular weight is 281 g/mol. The Kier molecular flexibility index (Phi) is 2.35. The number of nitrogens with zero attached hydrogens (tertiary/aromatic N) is 4. The highest BCUT2D eigenvalue weighted by atomic mass is 19.1. The zero-order valence-electron chi connectivity index (χ0n) is 11.6. The molecule has 21 heavy (non-hydrogen) atoms. The molecule has 0 saturated carbocycles. The third-order valence-electron chi connectivity index (χ3n) is 3.53. The molecule has 3 aromatic heterocycles. The van der Waals surface area contributed by atoms with Crippen molar-refractivity contribution < 1.29 is 4.39 Å². The standard InChI is InChI=1S/C15H12FN5/c1-8-3-13(20-21-7-9(2)18-15(8)21)10-4-11-6-17-19-14(11)12(16)5-10/h3-7H,1-2H3,(H,17,19). The van der Waals surface area contributed by atoms with Crippen LogP contribution in [0.4, 0.5) is 4.39 Å². The zero-order valence-corrected chi connectivity index (χ0v) is 11.6. The fraction of sp³-hybridized carbons (Fsp3) is 0.133. The first-order valence-electron chi connectivity index (χ1n) is 6.58. The molecule has 0 atom stereocenters. The van der Waals surface area contributed by atoms with E-state index < -0.39 is 0 Å². The van der Waals surface area contributed by atoms with Crippen LogP contribution in [-0.2, 0) is 0 Å². The number of nitrogens with one attached hydrogen (secondary N) is 1. The summed E-state index contributed by atoms with van der Waals surface area (Å²) >= 11 is 0. The van der Waals surface area contributed by atoms with Gasteiger partial charge in [0.2, 0.25) is 0 Å². The van der Waals surface area contributed by atoms with Crippen molar-refractivity contribution in [3.8, 4) is 11.3 Å². The van der Waals surface area contributed by atoms with E-state index >= 15 is 0 Å². The maximum absolute atomic E-state index is 14.1. The minimum Gasteiger partial charge on any atom is -0.275 e. The summed E-state index contributed by atoms with van der Waals surface area (Å²) in [4.78, 5) is 4.42. The van der Waals surface area contributed by atoms with Crippen LogP contribution >= 0.6 is 0 Å². The Bertz CT molecular complexity index is 982. The number of aryl methyl sites for hydroxylation is 2. The first-order valence-corrected chi connectivity index (χ1v) is 6.58. The van der Waals surface area contributed by atoms with Crippen LogP contribution < -0.4 is 0 Å². The van der Waals surface area contributed by atoms with Crippen LogP contribution in [0.15, 0.2) is 30.6 Å². The van der Waals surface area contributed by atoms with Gasteiger partial charge in [0.25, 0.3) is 0 Å². The number of aromatic amines is 1. The van der Waals surface area contributed by atoms with Crippen LogP contribution in [0.25, 0.3) is 27.8 Å². The molecule has 0 radical (unpaired) electrons. The fourth-order valence-electron chi connectivity index (χ4n) is 2.55. The fourth-order valence-corrected chi connectivity index (χ4v) is 2.55. The summed E-state index contributed by atoms with van der Waals surface area (Å²) in [5, 5.41) is 11.8. The number of H-pyrrole nitrogens is 1. The van der Waals surface area contributed by atoms with E-state index in [1.165, 1.54) is 6.07 Å². The molecule has 1 aromatic carbocycles. The Hall–Kier alpha value is -2.76. The Morgan fingerprint density at radius 3 is 2.90 bits per heavy atom. The number of fused-ring (bicyclic) bond motifs is 2. The molecular formula is C15H12FN5. The van der Waals surface area contributed by atoms with E-state index in [0.29, 0.717) is 11.2 Å². The largest absolute Gasteiger partial charge is 0.275 e. The Morgan fingerprint density at radius 1 is 1.19 bits per heavy atom. The normalized spacial score (nSPS) is 11.6. The van der Waals surface area contributed by atoms with Crippen LogP contribution in [0.3, 0.4) is 0 Å². The number of benzene rings is 1. The van der Waals surface area contributed by atoms with Gasteiger partial charge in [0, 0.05) is 10.9 Å². The lowest BCUT2D eigenvalue weighted by molar-refractivity contribution is 0.636. The molecule has 6 heteroatoms. The van der Waals surface area contributed by atoms with Gasteiger partial charge in [0.1, 0.15) is 11.3 Å². The molecule has 4 aromatic rings. The lowest BCUT2D eigenvalue weighted by atomic mass is 10.1. The van der Waals surface area contributed by atoms with Gasteiger partial charge in [-0.25, -0.2) is 13.9 Å². The maximum Gasteiger partial charge on any atom is 0.156 e. The molecule has 0 spiro atoms. The third kappa shape index (κ3) is 1.79. The van der Waals surface area contributed by atoms with Crippen molar-refractivity contribution in [2.45, 2.75) is 13.8 Å². The third-order valence-corrected chi connectivity index (χ3v) is 3.53. The van der Waals surface area contributed by atoms with Crippen molar-refractivity contribution in [3.63, 3.8) is 0 Å². The predicted octanol–water partition coefficient (Wildman–Crippen LogP) is 3.03. The molecule has 0 aliphatic rings. The van der Waals surface area contributed by atoms with Gasteiger partial charge in [-0.3, -0.25) is 5.10 Å². The van der Waals surface area contributed by atoms with E-state index in [1.807, 2.05) is 32.2 Å². The highest BCUT2D eigenvalue weighted by Crippen LogP contribution is 2.25. The van der Waals surface area contributed by atoms with Gasteiger partial charge >= 0.3 is 0 Å². The highest BCUT2D eigenvalue weighted by molar-refractivity contribution is 5.84. The molecule has 0 fully saturated rings. The van der Waals surface area contributed by atoms with Gasteiger partial charge in [-0.1, -0.05) is 0 Å². The van der Waals surface area contributed by atoms with Crippen LogP contribution in [-0.4, -0.2) is 24.8 Å². The molecular weight excluding hydrogens is 269 g/mol. The summed E-state index contributed by atoms with van der Waals surface area (Å²) in [5.41, 5.74) is 4.56. The van der Waals surface area contributed by atoms with Gasteiger partial charge in [-0.05, 0) is 37.6 Å². The first-order chi connectivity index (χ1) is 10.1. The quantitative estimate of drug-likeness (QED) is 0.583. The second-order valence-corrected chi connectivity index (χ2v) is 5.16. The summed E-state index contributed by atoms with van der Waals surface area (Å²) in [6, 6.07) is 5.26. The van der Waals surface area contributed by atoms with Crippen molar-refractivity contribution in [3.05, 3.63) is 47.7 Å². The van der Waals surface area contributed by atoms with Crippen molar-refractivity contribution in [1.29, 1.82) is 0 Å². The number of rotatable bonds is 1. The number of imidazole rings is 1. The number of aromatic nitrogens is 5. The van der Waals surface area contributed by atoms with Crippen molar-refractivity contribution in [1.82, 2.24) is 24.8 Å². The summed E-state index contributed by atoms with van der Waals surface area (Å²) < 4.78 is 15.8. The molecule has 0 saturated heterocycles. The zero-order chi connectivity index (χ0) is 14.6. The predicted molar refractivity (Wildman–Crippen MR) is 77.5 cm³/mol. The Morgan fingerprint density at radius 2 is 2.05 bits per heavy atom. The molecule has 0 bridgehead atoms. The molecule has 0 aliphatic heterocycles. The van der Waals surface area contributed by atoms with Gasteiger partial charge in [0.15, 0.2) is 5.65 Å². The molecule has 4 rings (SSSR count). The van der Waals surface area contributed by atoms with Crippen LogP contribution in [0.1, 0.15) is 11.3 Å². The minimum atomic E-state index is -0.332. The second kappa shape index (κ2) is 4.12. The maximum atomic E-state index is 14.1. The molecule has 0 unspecified atom stereocenters. The van der Waals surface area contributed by atoms with Gasteiger partial charge in [0.05, 0.1) is 23.8 Å². The second-order valence-electron chi connectivity index (χ2n) is 5.16. The van der Waals surface area contributed by atoms with Crippen LogP contribution in [0.2, 0.25) is 0 Å². The number of hydrogen-bond acceptors (Lipinski definition) is 3. The Labute approximate surface area is 119 Å². The SMILES string of the molecule is Cc1cn2nc(-c3cc(F)c4[nH]ncc4c3)cc(C)c2n1. The van der Waals surface area contributed by atoms with E-state index in [4.69, 9.17) is 0 Å². The smallest absolute Gasteiger partial charge is 0.156 e. The van der Waals surface area contributed by atoms with E-state index in [1.54, 1.807) is 10.7 Å². The lowest BCUT2D eigenvalue weighted by Crippen LogP contribution is -1.96. The van der Waals surface area contributed by atoms with Gasteiger partial charge < -0.3 is 0 Å². The van der Waals surface area contributed by atoms with E-state index in [2.05, 4.69) is 20.3 Å². The van der Waals surface area contributed by atoms with Crippen molar-refractivity contribution in [2.75, 3.05) is 0 Å². The first kappa shape index (κ1) is 12.0. The summed E-state index contributed by atoms with van der Waals surface area (Å²) in [6.45, 7) is 3.89. The van der Waals surface area contributed by atoms with E-state index in [9.17, 15) is 4.39 Å². The van der Waals surface area contributed by atoms with Crippen LogP contribution in [0, 0.1) is 19.7 Å². The molecule has 0 amide bonds. The van der Waals surface area contributed by atoms with Crippen molar-refractivity contribution >= 4 is 16.6 Å². The number of hydrogen-bond donors (Lipinski definition) is 1. The molecule has 1 N–H and O–H groups in total. The topological polar surface area (TPSA) is 58.9 Å². The Balaban J connectivity index is 1.98. The molecule has 5 nitrogen and oxygen atoms in total. The average Bonchev–Trinajstić information content (AvgIpc) is 3.04. The molecule has 3 heterocycles. The van der Waals surface area contributed by atoms with Gasteiger partial charge in [-0.15, -0.1) is 0 Å². The lowest BCUT2D eigenvalue weighted by Gasteiger charge is -2.05. The molecule has 0 aliphatic carbocycles. The summed E-state index contributed by atoms with van der Waals surface area (Å²) in [6.07, 6.45) is 3.47. The minimum absolute atomic E-state index is 0.332. The van der Waals surface area contributed by atoms with E-state index in [-0.39, 0.29) is 5.82 Å². The molecule has 104 valence electrons. The van der Waals surface area contributed by atoms with Gasteiger partial charge in [-0.2, -0.15) is 10.2 Å². The monoisotopic (exact) mass is 281 g/mol. The summed E-state index contributed by atoms with van der Waals surface area (Å²) in [5.74, 6) is -0.332.